The molecule has 2 aliphatic heterocycles. The first-order valence-electron chi connectivity index (χ1n) is 7.84. The molecule has 0 aromatic carbocycles. The Morgan fingerprint density at radius 2 is 2.05 bits per heavy atom. The molecule has 0 bridgehead atoms. The first kappa shape index (κ1) is 13.8. The van der Waals surface area contributed by atoms with E-state index in [1.807, 2.05) is 0 Å². The van der Waals surface area contributed by atoms with Crippen molar-refractivity contribution in [1.29, 1.82) is 0 Å². The molecule has 3 heterocycles. The molecule has 110 valence electrons. The Morgan fingerprint density at radius 1 is 1.25 bits per heavy atom. The summed E-state index contributed by atoms with van der Waals surface area (Å²) in [6, 6.07) is 5.07. The topological polar surface area (TPSA) is 28.6 Å². The lowest BCUT2D eigenvalue weighted by Crippen LogP contribution is -2.37. The van der Waals surface area contributed by atoms with Crippen LogP contribution in [-0.2, 0) is 4.74 Å². The molecule has 0 radical (unpaired) electrons. The highest BCUT2D eigenvalue weighted by Gasteiger charge is 2.26. The minimum atomic E-state index is 0.575. The number of pyridine rings is 1. The lowest BCUT2D eigenvalue weighted by molar-refractivity contribution is 0.122. The van der Waals surface area contributed by atoms with Gasteiger partial charge in [0.25, 0.3) is 0 Å². The molecule has 1 atom stereocenters. The van der Waals surface area contributed by atoms with Crippen LogP contribution in [0.25, 0.3) is 0 Å². The summed E-state index contributed by atoms with van der Waals surface area (Å²) in [6.45, 7) is 10.3. The van der Waals surface area contributed by atoms with Gasteiger partial charge in [0.1, 0.15) is 5.82 Å². The summed E-state index contributed by atoms with van der Waals surface area (Å²) in [5.41, 5.74) is 2.61. The Bertz CT molecular complexity index is 457. The fourth-order valence-electron chi connectivity index (χ4n) is 3.44. The molecule has 1 aromatic heterocycles. The largest absolute Gasteiger partial charge is 0.378 e. The summed E-state index contributed by atoms with van der Waals surface area (Å²) >= 11 is 0. The van der Waals surface area contributed by atoms with Crippen LogP contribution in [-0.4, -0.2) is 49.3 Å². The Labute approximate surface area is 121 Å². The average molecular weight is 275 g/mol. The molecule has 2 fully saturated rings. The molecule has 1 aromatic rings. The third-order valence-electron chi connectivity index (χ3n) is 4.58. The number of likely N-dealkylation sites (tertiary alicyclic amines) is 1. The molecule has 0 unspecified atom stereocenters. The van der Waals surface area contributed by atoms with E-state index in [4.69, 9.17) is 9.72 Å². The molecule has 0 aliphatic carbocycles. The molecule has 0 spiro atoms. The number of rotatable bonds is 3. The fraction of sp³-hybridized carbons (Fsp3) is 0.688. The summed E-state index contributed by atoms with van der Waals surface area (Å²) in [5, 5.41) is 0. The second kappa shape index (κ2) is 6.10. The van der Waals surface area contributed by atoms with Crippen molar-refractivity contribution in [2.75, 3.05) is 44.3 Å². The van der Waals surface area contributed by atoms with E-state index in [1.165, 1.54) is 30.6 Å². The van der Waals surface area contributed by atoms with Gasteiger partial charge in [0, 0.05) is 24.8 Å². The summed E-state index contributed by atoms with van der Waals surface area (Å²) in [5.74, 6) is 1.11. The van der Waals surface area contributed by atoms with Crippen molar-refractivity contribution < 1.29 is 4.74 Å². The van der Waals surface area contributed by atoms with Crippen LogP contribution < -0.4 is 4.90 Å². The number of aromatic nitrogens is 1. The number of morpholine rings is 1. The van der Waals surface area contributed by atoms with Gasteiger partial charge in [0.05, 0.1) is 13.2 Å². The van der Waals surface area contributed by atoms with Gasteiger partial charge in [-0.3, -0.25) is 4.90 Å². The zero-order valence-electron chi connectivity index (χ0n) is 12.6. The SMILES string of the molecule is CCN1CCC[C@@H]1c1ccc(N2CCOCC2)nc1C. The predicted octanol–water partition coefficient (Wildman–Crippen LogP) is 2.38. The molecule has 4 nitrogen and oxygen atoms in total. The van der Waals surface area contributed by atoms with Gasteiger partial charge in [-0.05, 0) is 44.5 Å². The number of aryl methyl sites for hydroxylation is 1. The van der Waals surface area contributed by atoms with Crippen LogP contribution in [0.3, 0.4) is 0 Å². The first-order chi connectivity index (χ1) is 9.79. The lowest BCUT2D eigenvalue weighted by atomic mass is 10.0. The van der Waals surface area contributed by atoms with Crippen LogP contribution in [0.2, 0.25) is 0 Å². The quantitative estimate of drug-likeness (QED) is 0.847. The van der Waals surface area contributed by atoms with Crippen molar-refractivity contribution >= 4 is 5.82 Å². The standard InChI is InChI=1S/C16H25N3O/c1-3-18-8-4-5-15(18)14-6-7-16(17-13(14)2)19-9-11-20-12-10-19/h6-7,15H,3-5,8-12H2,1-2H3/t15-/m1/s1. The second-order valence-electron chi connectivity index (χ2n) is 5.73. The summed E-state index contributed by atoms with van der Waals surface area (Å²) in [4.78, 5) is 9.75. The molecule has 2 aliphatic rings. The molecule has 0 amide bonds. The zero-order chi connectivity index (χ0) is 13.9. The van der Waals surface area contributed by atoms with Gasteiger partial charge in [-0.2, -0.15) is 0 Å². The molecular formula is C16H25N3O. The number of hydrogen-bond acceptors (Lipinski definition) is 4. The summed E-state index contributed by atoms with van der Waals surface area (Å²) in [6.07, 6.45) is 2.58. The van der Waals surface area contributed by atoms with Crippen molar-refractivity contribution in [2.45, 2.75) is 32.7 Å². The van der Waals surface area contributed by atoms with Crippen LogP contribution in [0.15, 0.2) is 12.1 Å². The first-order valence-corrected chi connectivity index (χ1v) is 7.84. The minimum absolute atomic E-state index is 0.575. The minimum Gasteiger partial charge on any atom is -0.378 e. The van der Waals surface area contributed by atoms with E-state index in [1.54, 1.807) is 0 Å². The Balaban J connectivity index is 1.80. The van der Waals surface area contributed by atoms with Gasteiger partial charge in [-0.15, -0.1) is 0 Å². The Kier molecular flexibility index (Phi) is 4.22. The second-order valence-corrected chi connectivity index (χ2v) is 5.73. The van der Waals surface area contributed by atoms with Crippen molar-refractivity contribution in [1.82, 2.24) is 9.88 Å². The van der Waals surface area contributed by atoms with Crippen LogP contribution in [0.1, 0.15) is 37.1 Å². The van der Waals surface area contributed by atoms with Crippen molar-refractivity contribution in [2.24, 2.45) is 0 Å². The maximum atomic E-state index is 5.41. The molecule has 3 rings (SSSR count). The van der Waals surface area contributed by atoms with E-state index in [2.05, 4.69) is 35.8 Å². The maximum absolute atomic E-state index is 5.41. The molecule has 20 heavy (non-hydrogen) atoms. The fourth-order valence-corrected chi connectivity index (χ4v) is 3.44. The average Bonchev–Trinajstić information content (AvgIpc) is 2.96. The van der Waals surface area contributed by atoms with Gasteiger partial charge >= 0.3 is 0 Å². The highest BCUT2D eigenvalue weighted by molar-refractivity contribution is 5.43. The normalized spacial score (nSPS) is 24.3. The summed E-state index contributed by atoms with van der Waals surface area (Å²) in [7, 11) is 0. The van der Waals surface area contributed by atoms with E-state index in [9.17, 15) is 0 Å². The van der Waals surface area contributed by atoms with Crippen molar-refractivity contribution in [3.8, 4) is 0 Å². The number of hydrogen-bond donors (Lipinski definition) is 0. The van der Waals surface area contributed by atoms with Crippen LogP contribution in [0.5, 0.6) is 0 Å². The number of nitrogens with zero attached hydrogens (tertiary/aromatic N) is 3. The molecule has 4 heteroatoms. The molecular weight excluding hydrogens is 250 g/mol. The van der Waals surface area contributed by atoms with Gasteiger partial charge in [0.15, 0.2) is 0 Å². The van der Waals surface area contributed by atoms with E-state index in [0.29, 0.717) is 6.04 Å². The maximum Gasteiger partial charge on any atom is 0.128 e. The Hall–Kier alpha value is -1.13. The molecule has 0 N–H and O–H groups in total. The lowest BCUT2D eigenvalue weighted by Gasteiger charge is -2.29. The van der Waals surface area contributed by atoms with Gasteiger partial charge in [0.2, 0.25) is 0 Å². The van der Waals surface area contributed by atoms with Gasteiger partial charge in [-0.25, -0.2) is 4.98 Å². The van der Waals surface area contributed by atoms with E-state index in [-0.39, 0.29) is 0 Å². The number of ether oxygens (including phenoxy) is 1. The highest BCUT2D eigenvalue weighted by atomic mass is 16.5. The van der Waals surface area contributed by atoms with Crippen molar-refractivity contribution in [3.05, 3.63) is 23.4 Å². The summed E-state index contributed by atoms with van der Waals surface area (Å²) < 4.78 is 5.41. The smallest absolute Gasteiger partial charge is 0.128 e. The number of anilines is 1. The van der Waals surface area contributed by atoms with Crippen molar-refractivity contribution in [3.63, 3.8) is 0 Å². The van der Waals surface area contributed by atoms with Crippen LogP contribution >= 0.6 is 0 Å². The van der Waals surface area contributed by atoms with Crippen LogP contribution in [0, 0.1) is 6.92 Å². The molecule has 0 saturated carbocycles. The third kappa shape index (κ3) is 2.67. The monoisotopic (exact) mass is 275 g/mol. The van der Waals surface area contributed by atoms with Gasteiger partial charge < -0.3 is 9.64 Å². The van der Waals surface area contributed by atoms with Crippen LogP contribution in [0.4, 0.5) is 5.82 Å². The van der Waals surface area contributed by atoms with Gasteiger partial charge in [-0.1, -0.05) is 13.0 Å². The van der Waals surface area contributed by atoms with E-state index < -0.39 is 0 Å². The Morgan fingerprint density at radius 3 is 2.75 bits per heavy atom. The molecule has 2 saturated heterocycles. The predicted molar refractivity (Wildman–Crippen MR) is 81.2 cm³/mol. The highest BCUT2D eigenvalue weighted by Crippen LogP contribution is 2.33. The zero-order valence-corrected chi connectivity index (χ0v) is 12.6. The van der Waals surface area contributed by atoms with E-state index in [0.717, 1.165) is 38.7 Å². The van der Waals surface area contributed by atoms with E-state index >= 15 is 0 Å². The third-order valence-corrected chi connectivity index (χ3v) is 4.58.